The Kier molecular flexibility index (Phi) is 9.28. The topological polar surface area (TPSA) is 53.9 Å². The largest absolute Gasteiger partial charge is 0.466 e. The predicted molar refractivity (Wildman–Crippen MR) is 146 cm³/mol. The van der Waals surface area contributed by atoms with E-state index < -0.39 is 35.5 Å². The number of benzene rings is 3. The third-order valence-electron chi connectivity index (χ3n) is 6.99. The maximum atomic E-state index is 13.1. The lowest BCUT2D eigenvalue weighted by Gasteiger charge is -2.38. The van der Waals surface area contributed by atoms with Crippen LogP contribution < -0.4 is 5.32 Å². The molecule has 1 aliphatic heterocycles. The summed E-state index contributed by atoms with van der Waals surface area (Å²) in [5.41, 5.74) is 1.39. The smallest absolute Gasteiger partial charge is 0.416 e. The highest BCUT2D eigenvalue weighted by Crippen LogP contribution is 2.31. The number of nitrogens with one attached hydrogen (secondary N) is 1. The van der Waals surface area contributed by atoms with E-state index in [1.165, 1.54) is 31.4 Å². The second kappa shape index (κ2) is 12.7. The first-order valence-corrected chi connectivity index (χ1v) is 13.1. The number of carbonyl (C=O) groups is 1. The predicted octanol–water partition coefficient (Wildman–Crippen LogP) is 7.13. The van der Waals surface area contributed by atoms with Crippen molar-refractivity contribution in [2.45, 2.75) is 51.2 Å². The van der Waals surface area contributed by atoms with Crippen LogP contribution in [0.4, 0.5) is 26.3 Å². The molecule has 0 amide bonds. The van der Waals surface area contributed by atoms with Gasteiger partial charge in [0.25, 0.3) is 0 Å². The molecule has 3 aromatic carbocycles. The van der Waals surface area contributed by atoms with Gasteiger partial charge in [0.05, 0.1) is 42.9 Å². The molecule has 0 bridgehead atoms. The van der Waals surface area contributed by atoms with Crippen molar-refractivity contribution in [3.8, 4) is 0 Å². The Hall–Kier alpha value is -4.28. The Morgan fingerprint density at radius 1 is 0.833 bits per heavy atom. The molecule has 0 radical (unpaired) electrons. The van der Waals surface area contributed by atoms with Gasteiger partial charge in [-0.25, -0.2) is 9.79 Å². The van der Waals surface area contributed by atoms with E-state index in [0.717, 1.165) is 29.8 Å². The van der Waals surface area contributed by atoms with Gasteiger partial charge in [0.1, 0.15) is 0 Å². The maximum Gasteiger partial charge on any atom is 0.416 e. The molecule has 1 heterocycles. The highest BCUT2D eigenvalue weighted by molar-refractivity contribution is 5.95. The third kappa shape index (κ3) is 7.51. The minimum absolute atomic E-state index is 0.0240. The molecule has 1 atom stereocenters. The number of rotatable bonds is 8. The molecule has 1 unspecified atom stereocenters. The van der Waals surface area contributed by atoms with Crippen molar-refractivity contribution in [3.05, 3.63) is 118 Å². The summed E-state index contributed by atoms with van der Waals surface area (Å²) in [6, 6.07) is 18.4. The van der Waals surface area contributed by atoms with Gasteiger partial charge in [0.15, 0.2) is 5.96 Å². The zero-order valence-electron chi connectivity index (χ0n) is 22.9. The van der Waals surface area contributed by atoms with Gasteiger partial charge >= 0.3 is 18.3 Å². The fourth-order valence-corrected chi connectivity index (χ4v) is 4.71. The van der Waals surface area contributed by atoms with Crippen molar-refractivity contribution in [1.82, 2.24) is 10.2 Å². The van der Waals surface area contributed by atoms with E-state index in [4.69, 9.17) is 4.74 Å². The summed E-state index contributed by atoms with van der Waals surface area (Å²) in [6.07, 6.45) is -7.83. The summed E-state index contributed by atoms with van der Waals surface area (Å²) in [6.45, 7) is 1.81. The standard InChI is InChI=1S/C31H29F6N3O2/c1-20-27(28(41)42-2)26(17-12-21-6-4-3-5-7-21)39-29(38-18-22-8-13-24(14-9-22)30(32,33)34)40(20)19-23-10-15-25(16-11-23)31(35,36)37/h3-11,13-16,26H,12,17-19H2,1-2H3,(H,38,39). The van der Waals surface area contributed by atoms with Crippen molar-refractivity contribution in [2.75, 3.05) is 7.11 Å². The Bertz CT molecular complexity index is 1430. The van der Waals surface area contributed by atoms with E-state index in [2.05, 4.69) is 10.3 Å². The van der Waals surface area contributed by atoms with Gasteiger partial charge in [-0.2, -0.15) is 26.3 Å². The molecule has 222 valence electrons. The van der Waals surface area contributed by atoms with E-state index >= 15 is 0 Å². The number of methoxy groups -OCH3 is 1. The molecule has 5 nitrogen and oxygen atoms in total. The monoisotopic (exact) mass is 589 g/mol. The van der Waals surface area contributed by atoms with Crippen LogP contribution in [0.3, 0.4) is 0 Å². The van der Waals surface area contributed by atoms with Gasteiger partial charge in [-0.05, 0) is 60.7 Å². The van der Waals surface area contributed by atoms with Crippen LogP contribution in [-0.4, -0.2) is 30.0 Å². The minimum Gasteiger partial charge on any atom is -0.466 e. The van der Waals surface area contributed by atoms with E-state index in [9.17, 15) is 31.1 Å². The first-order valence-electron chi connectivity index (χ1n) is 13.1. The number of allylic oxidation sites excluding steroid dienone is 1. The van der Waals surface area contributed by atoms with Gasteiger partial charge in [-0.1, -0.05) is 54.6 Å². The molecule has 0 fully saturated rings. The number of carbonyl (C=O) groups excluding carboxylic acids is 1. The molecular formula is C31H29F6N3O2. The molecule has 0 aromatic heterocycles. The third-order valence-corrected chi connectivity index (χ3v) is 6.99. The van der Waals surface area contributed by atoms with Crippen molar-refractivity contribution in [2.24, 2.45) is 4.99 Å². The summed E-state index contributed by atoms with van der Waals surface area (Å²) in [5, 5.41) is 3.29. The summed E-state index contributed by atoms with van der Waals surface area (Å²) >= 11 is 0. The highest BCUT2D eigenvalue weighted by Gasteiger charge is 2.35. The lowest BCUT2D eigenvalue weighted by molar-refractivity contribution is -0.138. The SMILES string of the molecule is COC(=O)C1=C(C)N(Cc2ccc(C(F)(F)F)cc2)C(=NCc2ccc(C(F)(F)F)cc2)NC1CCc1ccccc1. The van der Waals surface area contributed by atoms with Crippen molar-refractivity contribution in [3.63, 3.8) is 0 Å². The summed E-state index contributed by atoms with van der Waals surface area (Å²) < 4.78 is 83.4. The molecule has 3 aromatic rings. The van der Waals surface area contributed by atoms with Crippen LogP contribution in [0.2, 0.25) is 0 Å². The molecule has 0 aliphatic carbocycles. The van der Waals surface area contributed by atoms with Gasteiger partial charge in [-0.15, -0.1) is 0 Å². The molecule has 11 heteroatoms. The number of esters is 1. The highest BCUT2D eigenvalue weighted by atomic mass is 19.4. The van der Waals surface area contributed by atoms with E-state index in [-0.39, 0.29) is 13.1 Å². The lowest BCUT2D eigenvalue weighted by Crippen LogP contribution is -2.52. The van der Waals surface area contributed by atoms with Crippen molar-refractivity contribution in [1.29, 1.82) is 0 Å². The molecule has 0 saturated carbocycles. The van der Waals surface area contributed by atoms with Crippen molar-refractivity contribution < 1.29 is 35.9 Å². The number of hydrogen-bond acceptors (Lipinski definition) is 3. The van der Waals surface area contributed by atoms with Gasteiger partial charge in [0.2, 0.25) is 0 Å². The minimum atomic E-state index is -4.49. The van der Waals surface area contributed by atoms with Crippen LogP contribution in [0.15, 0.2) is 95.1 Å². The molecule has 4 rings (SSSR count). The van der Waals surface area contributed by atoms with Crippen LogP contribution in [0.5, 0.6) is 0 Å². The number of ether oxygens (including phenoxy) is 1. The average molecular weight is 590 g/mol. The number of alkyl halides is 6. The first kappa shape index (κ1) is 30.7. The summed E-state index contributed by atoms with van der Waals surface area (Å²) in [4.78, 5) is 19.3. The Morgan fingerprint density at radius 3 is 1.90 bits per heavy atom. The molecule has 42 heavy (non-hydrogen) atoms. The Labute approximate surface area is 239 Å². The van der Waals surface area contributed by atoms with Gasteiger partial charge in [0, 0.05) is 5.70 Å². The molecule has 0 spiro atoms. The Morgan fingerprint density at radius 2 is 1.38 bits per heavy atom. The van der Waals surface area contributed by atoms with Gasteiger partial charge in [-0.3, -0.25) is 0 Å². The van der Waals surface area contributed by atoms with Gasteiger partial charge < -0.3 is 15.0 Å². The molecule has 0 saturated heterocycles. The van der Waals surface area contributed by atoms with E-state index in [0.29, 0.717) is 41.2 Å². The zero-order valence-corrected chi connectivity index (χ0v) is 22.9. The summed E-state index contributed by atoms with van der Waals surface area (Å²) in [5.74, 6) is -0.227. The van der Waals surface area contributed by atoms with Crippen LogP contribution in [0.25, 0.3) is 0 Å². The normalized spacial score (nSPS) is 16.9. The Balaban J connectivity index is 1.69. The zero-order chi connectivity index (χ0) is 30.5. The average Bonchev–Trinajstić information content (AvgIpc) is 2.96. The number of hydrogen-bond donors (Lipinski definition) is 1. The summed E-state index contributed by atoms with van der Waals surface area (Å²) in [7, 11) is 1.27. The molecular weight excluding hydrogens is 560 g/mol. The van der Waals surface area contributed by atoms with Crippen LogP contribution in [0.1, 0.15) is 41.2 Å². The van der Waals surface area contributed by atoms with Crippen molar-refractivity contribution >= 4 is 11.9 Å². The molecule has 1 aliphatic rings. The number of aryl methyl sites for hydroxylation is 1. The van der Waals surface area contributed by atoms with Crippen LogP contribution in [-0.2, 0) is 41.4 Å². The number of aliphatic imine (C=N–C) groups is 1. The fourth-order valence-electron chi connectivity index (χ4n) is 4.71. The first-order chi connectivity index (χ1) is 19.9. The quantitative estimate of drug-likeness (QED) is 0.224. The number of halogens is 6. The maximum absolute atomic E-state index is 13.1. The molecule has 1 N–H and O–H groups in total. The number of guanidine groups is 1. The lowest BCUT2D eigenvalue weighted by atomic mass is 9.95. The fraction of sp³-hybridized carbons (Fsp3) is 0.290. The second-order valence-corrected chi connectivity index (χ2v) is 9.83. The second-order valence-electron chi connectivity index (χ2n) is 9.83. The van der Waals surface area contributed by atoms with E-state index in [1.54, 1.807) is 11.8 Å². The van der Waals surface area contributed by atoms with Crippen LogP contribution >= 0.6 is 0 Å². The van der Waals surface area contributed by atoms with E-state index in [1.807, 2.05) is 30.3 Å². The van der Waals surface area contributed by atoms with Crippen LogP contribution in [0, 0.1) is 0 Å². The number of nitrogens with zero attached hydrogens (tertiary/aromatic N) is 2.